The third-order valence-electron chi connectivity index (χ3n) is 3.82. The summed E-state index contributed by atoms with van der Waals surface area (Å²) >= 11 is 1.56. The number of nitrogens with one attached hydrogen (secondary N) is 1. The van der Waals surface area contributed by atoms with E-state index < -0.39 is 0 Å². The number of hydrogen-bond acceptors (Lipinski definition) is 6. The Kier molecular flexibility index (Phi) is 4.37. The number of rotatable bonds is 4. The summed E-state index contributed by atoms with van der Waals surface area (Å²) in [6.07, 6.45) is 0. The molecule has 0 atom stereocenters. The van der Waals surface area contributed by atoms with Crippen molar-refractivity contribution >= 4 is 22.9 Å². The van der Waals surface area contributed by atoms with Gasteiger partial charge < -0.3 is 9.72 Å². The average Bonchev–Trinajstić information content (AvgIpc) is 2.96. The van der Waals surface area contributed by atoms with E-state index in [1.807, 2.05) is 0 Å². The fourth-order valence-corrected chi connectivity index (χ4v) is 3.34. The van der Waals surface area contributed by atoms with Crippen molar-refractivity contribution in [1.29, 1.82) is 0 Å². The summed E-state index contributed by atoms with van der Waals surface area (Å²) < 4.78 is 7.79. The molecule has 0 radical (unpaired) electrons. The van der Waals surface area contributed by atoms with Gasteiger partial charge >= 0.3 is 5.69 Å². The topological polar surface area (TPSA) is 85.2 Å². The van der Waals surface area contributed by atoms with E-state index in [2.05, 4.69) is 14.9 Å². The number of nitrogens with zero attached hydrogens (tertiary/aromatic N) is 4. The molecule has 22 heavy (non-hydrogen) atoms. The third kappa shape index (κ3) is 2.83. The van der Waals surface area contributed by atoms with Gasteiger partial charge in [0.2, 0.25) is 0 Å². The smallest absolute Gasteiger partial charge is 0.332 e. The highest BCUT2D eigenvalue weighted by atomic mass is 32.2. The number of aromatic nitrogens is 4. The first kappa shape index (κ1) is 15.3. The highest BCUT2D eigenvalue weighted by Crippen LogP contribution is 2.16. The SMILES string of the molecule is Cn1c(=O)c2[nH]c(SCCN3CCOCC3)nc2n(C)c1=O. The zero-order valence-corrected chi connectivity index (χ0v) is 13.5. The van der Waals surface area contributed by atoms with Gasteiger partial charge in [0.05, 0.1) is 13.2 Å². The summed E-state index contributed by atoms with van der Waals surface area (Å²) in [4.78, 5) is 33.7. The van der Waals surface area contributed by atoms with Crippen LogP contribution < -0.4 is 11.2 Å². The minimum Gasteiger partial charge on any atom is -0.379 e. The van der Waals surface area contributed by atoms with Gasteiger partial charge in [0.1, 0.15) is 0 Å². The number of H-pyrrole nitrogens is 1. The first-order valence-corrected chi connectivity index (χ1v) is 8.15. The van der Waals surface area contributed by atoms with Gasteiger partial charge in [-0.05, 0) is 0 Å². The maximum absolute atomic E-state index is 12.1. The van der Waals surface area contributed by atoms with Gasteiger partial charge in [-0.3, -0.25) is 18.8 Å². The molecule has 3 rings (SSSR count). The van der Waals surface area contributed by atoms with Crippen molar-refractivity contribution in [1.82, 2.24) is 24.0 Å². The summed E-state index contributed by atoms with van der Waals surface area (Å²) in [5.41, 5.74) is 0.0694. The summed E-state index contributed by atoms with van der Waals surface area (Å²) in [6.45, 7) is 4.42. The second-order valence-corrected chi connectivity index (χ2v) is 6.33. The fourth-order valence-electron chi connectivity index (χ4n) is 2.47. The summed E-state index contributed by atoms with van der Waals surface area (Å²) in [6, 6.07) is 0. The predicted octanol–water partition coefficient (Wildman–Crippen LogP) is -0.615. The minimum absolute atomic E-state index is 0.342. The summed E-state index contributed by atoms with van der Waals surface area (Å²) in [7, 11) is 3.09. The third-order valence-corrected chi connectivity index (χ3v) is 4.68. The Balaban J connectivity index is 1.75. The van der Waals surface area contributed by atoms with E-state index in [9.17, 15) is 9.59 Å². The Hall–Kier alpha value is -1.58. The number of thioether (sulfide) groups is 1. The molecule has 1 aliphatic rings. The molecule has 2 aromatic rings. The molecule has 9 heteroatoms. The van der Waals surface area contributed by atoms with Crippen LogP contribution in [0, 0.1) is 0 Å². The second-order valence-electron chi connectivity index (χ2n) is 5.25. The van der Waals surface area contributed by atoms with E-state index in [1.165, 1.54) is 11.6 Å². The van der Waals surface area contributed by atoms with Gasteiger partial charge in [0, 0.05) is 39.5 Å². The Morgan fingerprint density at radius 3 is 2.68 bits per heavy atom. The minimum atomic E-state index is -0.367. The molecule has 0 saturated carbocycles. The number of fused-ring (bicyclic) bond motifs is 1. The number of ether oxygens (including phenoxy) is 1. The molecule has 0 spiro atoms. The van der Waals surface area contributed by atoms with Crippen LogP contribution in [0.2, 0.25) is 0 Å². The molecule has 3 heterocycles. The van der Waals surface area contributed by atoms with Gasteiger partial charge in [-0.2, -0.15) is 0 Å². The molecule has 2 aromatic heterocycles. The van der Waals surface area contributed by atoms with Gasteiger partial charge in [-0.15, -0.1) is 0 Å². The Morgan fingerprint density at radius 1 is 1.23 bits per heavy atom. The molecule has 1 saturated heterocycles. The Labute approximate surface area is 131 Å². The number of hydrogen-bond donors (Lipinski definition) is 1. The average molecular weight is 325 g/mol. The Bertz CT molecular complexity index is 787. The highest BCUT2D eigenvalue weighted by Gasteiger charge is 2.14. The van der Waals surface area contributed by atoms with Crippen molar-refractivity contribution in [2.24, 2.45) is 14.1 Å². The first-order valence-electron chi connectivity index (χ1n) is 7.16. The standard InChI is InChI=1S/C13H19N5O3S/c1-16-10-9(11(19)17(2)13(16)20)14-12(15-10)22-8-5-18-3-6-21-7-4-18/h3-8H2,1-2H3,(H,14,15). The molecule has 0 unspecified atom stereocenters. The number of morpholine rings is 1. The normalized spacial score (nSPS) is 16.5. The van der Waals surface area contributed by atoms with Crippen LogP contribution in [-0.2, 0) is 18.8 Å². The lowest BCUT2D eigenvalue weighted by molar-refractivity contribution is 0.0410. The van der Waals surface area contributed by atoms with E-state index in [0.717, 1.165) is 43.2 Å². The molecule has 0 bridgehead atoms. The number of imidazole rings is 1. The molecule has 0 amide bonds. The molecular formula is C13H19N5O3S. The van der Waals surface area contributed by atoms with Crippen molar-refractivity contribution in [2.75, 3.05) is 38.6 Å². The van der Waals surface area contributed by atoms with E-state index in [0.29, 0.717) is 16.3 Å². The van der Waals surface area contributed by atoms with Crippen LogP contribution in [-0.4, -0.2) is 62.6 Å². The first-order chi connectivity index (χ1) is 10.6. The molecular weight excluding hydrogens is 306 g/mol. The van der Waals surface area contributed by atoms with Crippen LogP contribution in [0.3, 0.4) is 0 Å². The van der Waals surface area contributed by atoms with Crippen LogP contribution in [0.25, 0.3) is 11.2 Å². The number of aryl methyl sites for hydroxylation is 1. The van der Waals surface area contributed by atoms with Crippen molar-refractivity contribution in [3.63, 3.8) is 0 Å². The second kappa shape index (κ2) is 6.27. The van der Waals surface area contributed by atoms with Crippen molar-refractivity contribution in [3.8, 4) is 0 Å². The molecule has 120 valence electrons. The monoisotopic (exact) mass is 325 g/mol. The van der Waals surface area contributed by atoms with E-state index in [4.69, 9.17) is 4.74 Å². The van der Waals surface area contributed by atoms with Crippen LogP contribution in [0.5, 0.6) is 0 Å². The summed E-state index contributed by atoms with van der Waals surface area (Å²) in [5, 5.41) is 0.668. The fraction of sp³-hybridized carbons (Fsp3) is 0.615. The van der Waals surface area contributed by atoms with Gasteiger partial charge in [0.25, 0.3) is 5.56 Å². The zero-order valence-electron chi connectivity index (χ0n) is 12.7. The van der Waals surface area contributed by atoms with E-state index in [-0.39, 0.29) is 11.2 Å². The van der Waals surface area contributed by atoms with Crippen molar-refractivity contribution < 1.29 is 4.74 Å². The molecule has 0 aliphatic carbocycles. The van der Waals surface area contributed by atoms with E-state index in [1.54, 1.807) is 18.8 Å². The van der Waals surface area contributed by atoms with E-state index >= 15 is 0 Å². The van der Waals surface area contributed by atoms with Gasteiger partial charge in [-0.1, -0.05) is 11.8 Å². The van der Waals surface area contributed by atoms with Crippen molar-refractivity contribution in [3.05, 3.63) is 20.8 Å². The number of aromatic amines is 1. The Morgan fingerprint density at radius 2 is 1.95 bits per heavy atom. The van der Waals surface area contributed by atoms with Crippen LogP contribution in [0.4, 0.5) is 0 Å². The van der Waals surface area contributed by atoms with Crippen LogP contribution in [0.1, 0.15) is 0 Å². The molecule has 1 N–H and O–H groups in total. The molecule has 8 nitrogen and oxygen atoms in total. The van der Waals surface area contributed by atoms with Gasteiger partial charge in [0.15, 0.2) is 16.3 Å². The maximum Gasteiger partial charge on any atom is 0.332 e. The highest BCUT2D eigenvalue weighted by molar-refractivity contribution is 7.99. The largest absolute Gasteiger partial charge is 0.379 e. The molecule has 1 aliphatic heterocycles. The zero-order chi connectivity index (χ0) is 15.7. The van der Waals surface area contributed by atoms with Gasteiger partial charge in [-0.25, -0.2) is 9.78 Å². The lowest BCUT2D eigenvalue weighted by Gasteiger charge is -2.26. The lowest BCUT2D eigenvalue weighted by Crippen LogP contribution is -2.37. The van der Waals surface area contributed by atoms with Crippen LogP contribution in [0.15, 0.2) is 14.7 Å². The van der Waals surface area contributed by atoms with Crippen molar-refractivity contribution in [2.45, 2.75) is 5.16 Å². The maximum atomic E-state index is 12.1. The quantitative estimate of drug-likeness (QED) is 0.755. The lowest BCUT2D eigenvalue weighted by atomic mass is 10.4. The predicted molar refractivity (Wildman–Crippen MR) is 84.6 cm³/mol. The molecule has 1 fully saturated rings. The summed E-state index contributed by atoms with van der Waals surface area (Å²) in [5.74, 6) is 0.869. The van der Waals surface area contributed by atoms with Crippen LogP contribution >= 0.6 is 11.8 Å². The molecule has 0 aromatic carbocycles.